The van der Waals surface area contributed by atoms with Crippen LogP contribution in [0.4, 0.5) is 26.4 Å². The van der Waals surface area contributed by atoms with E-state index >= 15 is 4.39 Å². The van der Waals surface area contributed by atoms with Gasteiger partial charge in [-0.15, -0.1) is 0 Å². The van der Waals surface area contributed by atoms with Crippen molar-refractivity contribution in [2.24, 2.45) is 0 Å². The number of fused-ring (bicyclic) bond motifs is 8. The summed E-state index contributed by atoms with van der Waals surface area (Å²) in [4.78, 5) is 40.4. The predicted octanol–water partition coefficient (Wildman–Crippen LogP) is 4.35. The molecule has 0 aliphatic carbocycles. The SMILES string of the molecule is [2H]C([2H])([2H])Oc1cc(F)ccc1-n1ncc2c(N3C[C@@H]4C[C@H]3C(=O)N(C)C[C@H](OC)Cn3c(C)nc5cc(F)cc(c53)-c3cccc(n3)N4)nc(N3C4COCC3C4)nc21. The van der Waals surface area contributed by atoms with Crippen molar-refractivity contribution in [2.75, 3.05) is 62.6 Å². The number of likely N-dealkylation sites (N-methyl/N-ethyl adjacent to an activating group) is 1. The normalized spacial score (nSPS) is 24.4. The van der Waals surface area contributed by atoms with Crippen LogP contribution in [0.25, 0.3) is 39.0 Å². The van der Waals surface area contributed by atoms with Gasteiger partial charge in [0.25, 0.3) is 0 Å². The van der Waals surface area contributed by atoms with Gasteiger partial charge in [-0.2, -0.15) is 15.1 Å². The highest BCUT2D eigenvalue weighted by Crippen LogP contribution is 2.40. The fourth-order valence-corrected chi connectivity index (χ4v) is 8.91. The Bertz CT molecular complexity index is 2660. The number of aromatic nitrogens is 7. The van der Waals surface area contributed by atoms with E-state index in [0.717, 1.165) is 18.0 Å². The number of pyridine rings is 1. The summed E-state index contributed by atoms with van der Waals surface area (Å²) in [6.45, 7) is 3.73. The van der Waals surface area contributed by atoms with Crippen molar-refractivity contribution >= 4 is 45.6 Å². The van der Waals surface area contributed by atoms with Crippen molar-refractivity contribution in [1.82, 2.24) is 39.2 Å². The standard InChI is InChI=1S/C40H41F2N11O4/c1-21-44-31-11-23(42)10-28-30-6-5-7-35(46-30)45-24-13-33(39(54)49(2)17-27(55-3)18-50(21)36(28)31)51(16-24)37-29-15-43-53(32-9-8-22(41)12-34(32)56-4)38(29)48-40(47-37)52-25-14-26(52)20-57-19-25/h5-12,15,24-27,33H,13-14,16-20H2,1-4H3,(H,45,46)/t24-,25?,26?,27-,33-/m0/s1/i4D3. The van der Waals surface area contributed by atoms with Gasteiger partial charge in [-0.25, -0.2) is 23.4 Å². The zero-order chi connectivity index (χ0) is 41.6. The van der Waals surface area contributed by atoms with Gasteiger partial charge in [0.2, 0.25) is 11.9 Å². The largest absolute Gasteiger partial charge is 0.494 e. The maximum Gasteiger partial charge on any atom is 0.245 e. The highest BCUT2D eigenvalue weighted by atomic mass is 19.1. The van der Waals surface area contributed by atoms with Crippen LogP contribution >= 0.6 is 0 Å². The Labute approximate surface area is 330 Å². The van der Waals surface area contributed by atoms with Crippen molar-refractivity contribution in [3.05, 3.63) is 72.2 Å². The fourth-order valence-electron chi connectivity index (χ4n) is 8.91. The van der Waals surface area contributed by atoms with E-state index in [0.29, 0.717) is 83.9 Å². The first-order valence-electron chi connectivity index (χ1n) is 20.4. The monoisotopic (exact) mass is 780 g/mol. The van der Waals surface area contributed by atoms with Crippen molar-refractivity contribution in [2.45, 2.75) is 56.6 Å². The molecule has 8 heterocycles. The van der Waals surface area contributed by atoms with E-state index in [4.69, 9.17) is 33.3 Å². The molecule has 3 saturated heterocycles. The number of methoxy groups -OCH3 is 2. The smallest absolute Gasteiger partial charge is 0.245 e. The molecule has 4 aliphatic rings. The van der Waals surface area contributed by atoms with Crippen LogP contribution in [0.15, 0.2) is 54.7 Å². The van der Waals surface area contributed by atoms with Crippen LogP contribution < -0.4 is 19.9 Å². The second-order valence-electron chi connectivity index (χ2n) is 15.2. The average molecular weight is 781 g/mol. The van der Waals surface area contributed by atoms with E-state index in [1.165, 1.54) is 28.9 Å². The third kappa shape index (κ3) is 5.89. The van der Waals surface area contributed by atoms with E-state index < -0.39 is 30.8 Å². The minimum Gasteiger partial charge on any atom is -0.494 e. The molecule has 6 aromatic rings. The molecule has 0 radical (unpaired) electrons. The number of hydrogen-bond donors (Lipinski definition) is 1. The lowest BCUT2D eigenvalue weighted by Gasteiger charge is -2.52. The molecule has 4 aliphatic heterocycles. The Morgan fingerprint density at radius 2 is 1.84 bits per heavy atom. The van der Waals surface area contributed by atoms with Gasteiger partial charge in [0.1, 0.15) is 46.6 Å². The minimum atomic E-state index is -2.87. The van der Waals surface area contributed by atoms with Gasteiger partial charge in [-0.1, -0.05) is 6.07 Å². The zero-order valence-corrected chi connectivity index (χ0v) is 31.4. The summed E-state index contributed by atoms with van der Waals surface area (Å²) < 4.78 is 73.4. The molecule has 2 unspecified atom stereocenters. The summed E-state index contributed by atoms with van der Waals surface area (Å²) in [5.41, 5.74) is 2.81. The van der Waals surface area contributed by atoms with Crippen molar-refractivity contribution < 1.29 is 31.9 Å². The first kappa shape index (κ1) is 32.2. The third-order valence-electron chi connectivity index (χ3n) is 11.6. The predicted molar refractivity (Wildman–Crippen MR) is 208 cm³/mol. The number of morpholine rings is 1. The van der Waals surface area contributed by atoms with Crippen LogP contribution in [0, 0.1) is 18.6 Å². The number of nitrogens with one attached hydrogen (secondary N) is 1. The van der Waals surface area contributed by atoms with Crippen LogP contribution in [0.5, 0.6) is 5.75 Å². The topological polar surface area (TPSA) is 141 Å². The number of hydrogen-bond acceptors (Lipinski definition) is 12. The second-order valence-corrected chi connectivity index (χ2v) is 15.2. The maximum atomic E-state index is 15.2. The number of carbonyl (C=O) groups excluding carboxylic acids is 1. The molecule has 6 bridgehead atoms. The number of halogens is 2. The molecule has 3 fully saturated rings. The first-order chi connectivity index (χ1) is 28.8. The summed E-state index contributed by atoms with van der Waals surface area (Å²) in [7, 11) is 0.472. The average Bonchev–Trinajstić information content (AvgIpc) is 3.91. The number of imidazole rings is 1. The first-order valence-corrected chi connectivity index (χ1v) is 18.9. The Morgan fingerprint density at radius 3 is 2.65 bits per heavy atom. The zero-order valence-electron chi connectivity index (χ0n) is 34.4. The van der Waals surface area contributed by atoms with Gasteiger partial charge < -0.3 is 38.8 Å². The van der Waals surface area contributed by atoms with E-state index in [2.05, 4.69) is 20.3 Å². The van der Waals surface area contributed by atoms with Gasteiger partial charge in [0, 0.05) is 51.0 Å². The molecule has 57 heavy (non-hydrogen) atoms. The van der Waals surface area contributed by atoms with Gasteiger partial charge in [-0.05, 0) is 50.1 Å². The molecule has 0 saturated carbocycles. The lowest BCUT2D eigenvalue weighted by molar-refractivity contribution is -0.132. The van der Waals surface area contributed by atoms with Crippen molar-refractivity contribution in [3.8, 4) is 22.7 Å². The number of anilines is 3. The van der Waals surface area contributed by atoms with Crippen LogP contribution in [0.2, 0.25) is 0 Å². The fraction of sp³-hybridized carbons (Fsp3) is 0.400. The van der Waals surface area contributed by atoms with Gasteiger partial charge in [0.15, 0.2) is 5.65 Å². The Hall–Kier alpha value is -5.94. The molecule has 294 valence electrons. The second kappa shape index (κ2) is 13.6. The highest BCUT2D eigenvalue weighted by Gasteiger charge is 2.46. The molecule has 15 nitrogen and oxygen atoms in total. The molecule has 2 aromatic carbocycles. The number of amides is 1. The number of nitrogens with zero attached hydrogens (tertiary/aromatic N) is 10. The lowest BCUT2D eigenvalue weighted by Crippen LogP contribution is -2.64. The van der Waals surface area contributed by atoms with Crippen molar-refractivity contribution in [1.29, 1.82) is 0 Å². The quantitative estimate of drug-likeness (QED) is 0.266. The van der Waals surface area contributed by atoms with E-state index in [1.807, 2.05) is 34.6 Å². The molecule has 1 N–H and O–H groups in total. The van der Waals surface area contributed by atoms with Crippen LogP contribution in [0.1, 0.15) is 22.8 Å². The summed E-state index contributed by atoms with van der Waals surface area (Å²) in [5, 5.41) is 8.68. The molecule has 5 atom stereocenters. The summed E-state index contributed by atoms with van der Waals surface area (Å²) in [6.07, 6.45) is 2.37. The maximum absolute atomic E-state index is 15.2. The number of ether oxygens (including phenoxy) is 3. The Balaban J connectivity index is 1.11. The van der Waals surface area contributed by atoms with Crippen LogP contribution in [-0.4, -0.2) is 123 Å². The Kier molecular flexibility index (Phi) is 7.69. The molecular weight excluding hydrogens is 737 g/mol. The number of aryl methyl sites for hydroxylation is 1. The number of carbonyl (C=O) groups is 1. The molecule has 10 rings (SSSR count). The van der Waals surface area contributed by atoms with Crippen LogP contribution in [0.3, 0.4) is 0 Å². The molecule has 4 aromatic heterocycles. The highest BCUT2D eigenvalue weighted by molar-refractivity contribution is 5.94. The lowest BCUT2D eigenvalue weighted by atomic mass is 9.92. The molecule has 17 heteroatoms. The van der Waals surface area contributed by atoms with E-state index in [-0.39, 0.29) is 42.0 Å². The minimum absolute atomic E-state index is 0.0316. The summed E-state index contributed by atoms with van der Waals surface area (Å²) in [5.74, 6) is 0.495. The van der Waals surface area contributed by atoms with Crippen LogP contribution in [-0.2, 0) is 20.8 Å². The van der Waals surface area contributed by atoms with Gasteiger partial charge in [0.05, 0.1) is 77.4 Å². The van der Waals surface area contributed by atoms with Gasteiger partial charge >= 0.3 is 0 Å². The molecular formula is C40H41F2N11O4. The van der Waals surface area contributed by atoms with E-state index in [1.54, 1.807) is 25.3 Å². The summed E-state index contributed by atoms with van der Waals surface area (Å²) in [6, 6.07) is 11.0. The molecule has 0 spiro atoms. The summed E-state index contributed by atoms with van der Waals surface area (Å²) >= 11 is 0. The number of rotatable bonds is 5. The Morgan fingerprint density at radius 1 is 0.982 bits per heavy atom. The van der Waals surface area contributed by atoms with E-state index in [9.17, 15) is 9.18 Å². The van der Waals surface area contributed by atoms with Gasteiger partial charge in [-0.3, -0.25) is 4.79 Å². The van der Waals surface area contributed by atoms with Crippen molar-refractivity contribution in [3.63, 3.8) is 0 Å². The number of benzene rings is 2. The third-order valence-corrected chi connectivity index (χ3v) is 11.6. The molecule has 1 amide bonds.